The summed E-state index contributed by atoms with van der Waals surface area (Å²) < 4.78 is 1.67. The molecule has 3 aromatic carbocycles. The third kappa shape index (κ3) is 5.58. The smallest absolute Gasteiger partial charge is 0.233 e. The molecule has 0 radical (unpaired) electrons. The molecule has 0 aliphatic heterocycles. The van der Waals surface area contributed by atoms with Crippen molar-refractivity contribution in [1.82, 2.24) is 25.1 Å². The number of amides is 1. The molecule has 6 nitrogen and oxygen atoms in total. The Labute approximate surface area is 185 Å². The van der Waals surface area contributed by atoms with E-state index in [1.54, 1.807) is 4.68 Å². The van der Waals surface area contributed by atoms with Gasteiger partial charge < -0.3 is 4.90 Å². The van der Waals surface area contributed by atoms with Crippen LogP contribution < -0.4 is 0 Å². The fraction of sp³-hybridized carbons (Fsp3) is 0.167. The van der Waals surface area contributed by atoms with Gasteiger partial charge >= 0.3 is 0 Å². The van der Waals surface area contributed by atoms with Gasteiger partial charge in [0.2, 0.25) is 11.1 Å². The monoisotopic (exact) mass is 429 g/mol. The second-order valence-corrected chi connectivity index (χ2v) is 8.16. The molecule has 0 bridgehead atoms. The molecule has 0 saturated carbocycles. The van der Waals surface area contributed by atoms with Crippen molar-refractivity contribution in [3.05, 3.63) is 102 Å². The zero-order chi connectivity index (χ0) is 21.5. The molecule has 0 spiro atoms. The van der Waals surface area contributed by atoms with Crippen LogP contribution in [0.25, 0.3) is 5.69 Å². The topological polar surface area (TPSA) is 63.9 Å². The van der Waals surface area contributed by atoms with E-state index in [0.29, 0.717) is 18.2 Å². The first-order valence-corrected chi connectivity index (χ1v) is 11.0. The van der Waals surface area contributed by atoms with E-state index in [1.165, 1.54) is 11.8 Å². The summed E-state index contributed by atoms with van der Waals surface area (Å²) in [6, 6.07) is 28.0. The van der Waals surface area contributed by atoms with Crippen molar-refractivity contribution in [2.75, 3.05) is 5.75 Å². The van der Waals surface area contributed by atoms with E-state index in [-0.39, 0.29) is 11.7 Å². The first-order valence-electron chi connectivity index (χ1n) is 10.0. The fourth-order valence-electron chi connectivity index (χ4n) is 3.25. The average molecular weight is 430 g/mol. The minimum absolute atomic E-state index is 0.0384. The van der Waals surface area contributed by atoms with Gasteiger partial charge in [-0.3, -0.25) is 4.79 Å². The van der Waals surface area contributed by atoms with Gasteiger partial charge in [-0.05, 0) is 46.2 Å². The summed E-state index contributed by atoms with van der Waals surface area (Å²) in [4.78, 5) is 15.0. The van der Waals surface area contributed by atoms with Gasteiger partial charge in [-0.25, -0.2) is 0 Å². The molecule has 1 heterocycles. The largest absolute Gasteiger partial charge is 0.333 e. The highest BCUT2D eigenvalue weighted by Crippen LogP contribution is 2.20. The van der Waals surface area contributed by atoms with Gasteiger partial charge in [-0.1, -0.05) is 84.6 Å². The first kappa shape index (κ1) is 20.8. The van der Waals surface area contributed by atoms with E-state index in [0.717, 1.165) is 22.4 Å². The number of rotatable bonds is 8. The van der Waals surface area contributed by atoms with Crippen molar-refractivity contribution in [3.8, 4) is 5.69 Å². The van der Waals surface area contributed by atoms with Crippen LogP contribution in [-0.2, 0) is 17.9 Å². The van der Waals surface area contributed by atoms with E-state index < -0.39 is 0 Å². The maximum atomic E-state index is 13.2. The van der Waals surface area contributed by atoms with Crippen LogP contribution in [0.4, 0.5) is 0 Å². The third-order valence-corrected chi connectivity index (χ3v) is 5.70. The minimum atomic E-state index is 0.0384. The molecule has 0 aliphatic rings. The number of aryl methyl sites for hydroxylation is 1. The number of hydrogen-bond donors (Lipinski definition) is 0. The molecule has 156 valence electrons. The lowest BCUT2D eigenvalue weighted by Gasteiger charge is -2.23. The van der Waals surface area contributed by atoms with Gasteiger partial charge in [0, 0.05) is 13.1 Å². The quantitative estimate of drug-likeness (QED) is 0.391. The maximum absolute atomic E-state index is 13.2. The molecule has 0 unspecified atom stereocenters. The molecule has 0 atom stereocenters. The van der Waals surface area contributed by atoms with Crippen molar-refractivity contribution in [2.45, 2.75) is 25.2 Å². The molecule has 4 rings (SSSR count). The Morgan fingerprint density at radius 3 is 2.16 bits per heavy atom. The second-order valence-electron chi connectivity index (χ2n) is 7.22. The summed E-state index contributed by atoms with van der Waals surface area (Å²) in [6.07, 6.45) is 0. The number of carbonyl (C=O) groups excluding carboxylic acids is 1. The summed E-state index contributed by atoms with van der Waals surface area (Å²) in [5.74, 6) is 0.294. The van der Waals surface area contributed by atoms with Crippen LogP contribution in [0.5, 0.6) is 0 Å². The van der Waals surface area contributed by atoms with Gasteiger partial charge in [0.05, 0.1) is 11.4 Å². The summed E-state index contributed by atoms with van der Waals surface area (Å²) in [5.41, 5.74) is 4.20. The average Bonchev–Trinajstić information content (AvgIpc) is 3.27. The van der Waals surface area contributed by atoms with Crippen LogP contribution in [-0.4, -0.2) is 36.8 Å². The predicted octanol–water partition coefficient (Wildman–Crippen LogP) is 4.29. The van der Waals surface area contributed by atoms with E-state index in [9.17, 15) is 4.79 Å². The van der Waals surface area contributed by atoms with Crippen molar-refractivity contribution >= 4 is 17.7 Å². The Bertz CT molecular complexity index is 1090. The lowest BCUT2D eigenvalue weighted by atomic mass is 10.1. The molecule has 1 aromatic heterocycles. The molecular formula is C24H23N5OS. The molecule has 31 heavy (non-hydrogen) atoms. The summed E-state index contributed by atoms with van der Waals surface area (Å²) in [7, 11) is 0. The van der Waals surface area contributed by atoms with Crippen LogP contribution in [0.3, 0.4) is 0 Å². The number of carbonyl (C=O) groups is 1. The molecule has 0 saturated heterocycles. The number of nitrogens with zero attached hydrogens (tertiary/aromatic N) is 5. The van der Waals surface area contributed by atoms with Gasteiger partial charge in [0.1, 0.15) is 0 Å². The van der Waals surface area contributed by atoms with Crippen LogP contribution in [0.2, 0.25) is 0 Å². The Hall–Kier alpha value is -3.45. The standard InChI is InChI=1S/C24H23N5OS/c1-19-9-8-14-22(15-19)29-24(25-26-27-29)31-18-23(30)28(16-20-10-4-2-5-11-20)17-21-12-6-3-7-13-21/h2-15H,16-18H2,1H3. The van der Waals surface area contributed by atoms with Gasteiger partial charge in [-0.2, -0.15) is 4.68 Å². The lowest BCUT2D eigenvalue weighted by molar-refractivity contribution is -0.129. The lowest BCUT2D eigenvalue weighted by Crippen LogP contribution is -2.31. The molecule has 4 aromatic rings. The van der Waals surface area contributed by atoms with Crippen molar-refractivity contribution in [3.63, 3.8) is 0 Å². The molecule has 0 N–H and O–H groups in total. The Morgan fingerprint density at radius 2 is 1.55 bits per heavy atom. The number of aromatic nitrogens is 4. The maximum Gasteiger partial charge on any atom is 0.233 e. The van der Waals surface area contributed by atoms with E-state index >= 15 is 0 Å². The first-order chi connectivity index (χ1) is 15.2. The molecular weight excluding hydrogens is 406 g/mol. The zero-order valence-corrected chi connectivity index (χ0v) is 18.1. The van der Waals surface area contributed by atoms with Crippen LogP contribution >= 0.6 is 11.8 Å². The summed E-state index contributed by atoms with van der Waals surface area (Å²) >= 11 is 1.35. The normalized spacial score (nSPS) is 10.7. The highest BCUT2D eigenvalue weighted by atomic mass is 32.2. The second kappa shape index (κ2) is 10.0. The Balaban J connectivity index is 1.48. The van der Waals surface area contributed by atoms with Crippen LogP contribution in [0, 0.1) is 6.92 Å². The third-order valence-electron chi connectivity index (χ3n) is 4.80. The number of tetrazole rings is 1. The molecule has 1 amide bonds. The number of hydrogen-bond acceptors (Lipinski definition) is 5. The SMILES string of the molecule is Cc1cccc(-n2nnnc2SCC(=O)N(Cc2ccccc2)Cc2ccccc2)c1. The summed E-state index contributed by atoms with van der Waals surface area (Å²) in [5, 5.41) is 12.6. The summed E-state index contributed by atoms with van der Waals surface area (Å²) in [6.45, 7) is 3.13. The molecule has 0 aliphatic carbocycles. The van der Waals surface area contributed by atoms with Gasteiger partial charge in [-0.15, -0.1) is 5.10 Å². The van der Waals surface area contributed by atoms with Crippen molar-refractivity contribution in [2.24, 2.45) is 0 Å². The highest BCUT2D eigenvalue weighted by molar-refractivity contribution is 7.99. The van der Waals surface area contributed by atoms with Crippen molar-refractivity contribution in [1.29, 1.82) is 0 Å². The number of benzene rings is 3. The predicted molar refractivity (Wildman–Crippen MR) is 122 cm³/mol. The minimum Gasteiger partial charge on any atom is -0.333 e. The van der Waals surface area contributed by atoms with E-state index in [1.807, 2.05) is 96.8 Å². The van der Waals surface area contributed by atoms with E-state index in [4.69, 9.17) is 0 Å². The fourth-order valence-corrected chi connectivity index (χ4v) is 4.04. The van der Waals surface area contributed by atoms with Crippen molar-refractivity contribution < 1.29 is 4.79 Å². The molecule has 7 heteroatoms. The van der Waals surface area contributed by atoms with E-state index in [2.05, 4.69) is 15.5 Å². The highest BCUT2D eigenvalue weighted by Gasteiger charge is 2.18. The molecule has 0 fully saturated rings. The number of thioether (sulfide) groups is 1. The Morgan fingerprint density at radius 1 is 0.903 bits per heavy atom. The zero-order valence-electron chi connectivity index (χ0n) is 17.3. The van der Waals surface area contributed by atoms with Crippen LogP contribution in [0.1, 0.15) is 16.7 Å². The van der Waals surface area contributed by atoms with Crippen LogP contribution in [0.15, 0.2) is 90.1 Å². The Kier molecular flexibility index (Phi) is 6.74. The van der Waals surface area contributed by atoms with Gasteiger partial charge in [0.25, 0.3) is 0 Å². The van der Waals surface area contributed by atoms with Gasteiger partial charge in [0.15, 0.2) is 0 Å².